The summed E-state index contributed by atoms with van der Waals surface area (Å²) in [6.45, 7) is 7.47. The molecule has 0 spiro atoms. The fourth-order valence-corrected chi connectivity index (χ4v) is 5.10. The maximum Gasteiger partial charge on any atom is 0.160 e. The summed E-state index contributed by atoms with van der Waals surface area (Å²) in [6.07, 6.45) is 0.844. The zero-order valence-corrected chi connectivity index (χ0v) is 18.3. The van der Waals surface area contributed by atoms with Gasteiger partial charge in [-0.15, -0.1) is 0 Å². The average molecular weight is 414 g/mol. The molecule has 0 unspecified atom stereocenters. The molecule has 1 N–H and O–H groups in total. The van der Waals surface area contributed by atoms with Gasteiger partial charge in [0.1, 0.15) is 23.1 Å². The number of ether oxygens (including phenoxy) is 1. The maximum absolute atomic E-state index is 13.1. The second kappa shape index (κ2) is 7.64. The van der Waals surface area contributed by atoms with Crippen LogP contribution in [0.5, 0.6) is 11.5 Å². The summed E-state index contributed by atoms with van der Waals surface area (Å²) in [4.78, 5) is 52.4. The van der Waals surface area contributed by atoms with Crippen LogP contribution >= 0.6 is 0 Å². The molecule has 3 rings (SSSR count). The van der Waals surface area contributed by atoms with Crippen LogP contribution in [0.4, 0.5) is 0 Å². The number of aromatic hydroxyl groups is 1. The Morgan fingerprint density at radius 1 is 0.833 bits per heavy atom. The molecule has 0 aromatic heterocycles. The normalized spacial score (nSPS) is 22.6. The van der Waals surface area contributed by atoms with Gasteiger partial charge in [-0.2, -0.15) is 0 Å². The molecule has 0 atom stereocenters. The first kappa shape index (κ1) is 22.2. The lowest BCUT2D eigenvalue weighted by Crippen LogP contribution is -2.48. The van der Waals surface area contributed by atoms with E-state index in [2.05, 4.69) is 0 Å². The summed E-state index contributed by atoms with van der Waals surface area (Å²) in [5.74, 6) is -3.95. The van der Waals surface area contributed by atoms with Crippen LogP contribution in [0.3, 0.4) is 0 Å². The number of phenols is 1. The number of Topliss-reactive ketones (excluding diaryl/α,β-unsaturated/α-hetero) is 4. The average Bonchev–Trinajstić information content (AvgIpc) is 2.57. The van der Waals surface area contributed by atoms with Gasteiger partial charge in [-0.25, -0.2) is 0 Å². The van der Waals surface area contributed by atoms with E-state index in [-0.39, 0.29) is 60.3 Å². The summed E-state index contributed by atoms with van der Waals surface area (Å²) in [5, 5.41) is 10.3. The number of benzene rings is 1. The van der Waals surface area contributed by atoms with Gasteiger partial charge in [-0.3, -0.25) is 19.2 Å². The van der Waals surface area contributed by atoms with Crippen molar-refractivity contribution >= 4 is 23.1 Å². The molecule has 2 fully saturated rings. The largest absolute Gasteiger partial charge is 0.504 e. The van der Waals surface area contributed by atoms with E-state index in [1.807, 2.05) is 27.7 Å². The van der Waals surface area contributed by atoms with Crippen LogP contribution in [-0.2, 0) is 19.2 Å². The molecule has 30 heavy (non-hydrogen) atoms. The van der Waals surface area contributed by atoms with Crippen molar-refractivity contribution in [2.75, 3.05) is 7.11 Å². The SMILES string of the molecule is COc1ccc(C(C2C(=O)CC(C)(C)CC2=O)C2C(=O)CC(C)(C)CC2=O)cc1O. The first-order valence-electron chi connectivity index (χ1n) is 10.3. The number of hydrogen-bond acceptors (Lipinski definition) is 6. The van der Waals surface area contributed by atoms with Gasteiger partial charge in [-0.05, 0) is 28.5 Å². The lowest BCUT2D eigenvalue weighted by atomic mass is 9.59. The number of carbonyl (C=O) groups is 4. The summed E-state index contributed by atoms with van der Waals surface area (Å²) in [6, 6.07) is 4.56. The molecule has 0 bridgehead atoms. The van der Waals surface area contributed by atoms with Gasteiger partial charge in [0.15, 0.2) is 11.5 Å². The van der Waals surface area contributed by atoms with Gasteiger partial charge in [0.05, 0.1) is 18.9 Å². The Morgan fingerprint density at radius 2 is 1.23 bits per heavy atom. The van der Waals surface area contributed by atoms with Crippen LogP contribution in [0, 0.1) is 22.7 Å². The maximum atomic E-state index is 13.1. The number of rotatable bonds is 4. The molecule has 0 aliphatic heterocycles. The van der Waals surface area contributed by atoms with E-state index in [1.54, 1.807) is 6.07 Å². The van der Waals surface area contributed by atoms with Gasteiger partial charge in [0.25, 0.3) is 0 Å². The summed E-state index contributed by atoms with van der Waals surface area (Å²) >= 11 is 0. The highest BCUT2D eigenvalue weighted by atomic mass is 16.5. The minimum atomic E-state index is -1.06. The van der Waals surface area contributed by atoms with E-state index in [0.29, 0.717) is 5.56 Å². The first-order chi connectivity index (χ1) is 13.8. The quantitative estimate of drug-likeness (QED) is 0.756. The van der Waals surface area contributed by atoms with Crippen molar-refractivity contribution in [2.24, 2.45) is 22.7 Å². The molecule has 0 heterocycles. The van der Waals surface area contributed by atoms with E-state index < -0.39 is 28.6 Å². The van der Waals surface area contributed by atoms with Gasteiger partial charge in [0, 0.05) is 31.6 Å². The first-order valence-corrected chi connectivity index (χ1v) is 10.3. The molecule has 6 nitrogen and oxygen atoms in total. The number of methoxy groups -OCH3 is 1. The minimum absolute atomic E-state index is 0.160. The van der Waals surface area contributed by atoms with Crippen molar-refractivity contribution in [1.29, 1.82) is 0 Å². The van der Waals surface area contributed by atoms with Crippen LogP contribution in [0.1, 0.15) is 64.9 Å². The zero-order valence-electron chi connectivity index (χ0n) is 18.3. The molecule has 1 aromatic carbocycles. The number of carbonyl (C=O) groups excluding carboxylic acids is 4. The summed E-state index contributed by atoms with van der Waals surface area (Å²) in [7, 11) is 1.42. The number of ketones is 4. The third kappa shape index (κ3) is 4.18. The smallest absolute Gasteiger partial charge is 0.160 e. The second-order valence-electron chi connectivity index (χ2n) is 10.3. The Balaban J connectivity index is 2.11. The highest BCUT2D eigenvalue weighted by molar-refractivity contribution is 6.11. The monoisotopic (exact) mass is 414 g/mol. The Kier molecular flexibility index (Phi) is 5.65. The molecule has 2 aliphatic rings. The highest BCUT2D eigenvalue weighted by Crippen LogP contribution is 2.48. The van der Waals surface area contributed by atoms with Crippen LogP contribution in [-0.4, -0.2) is 35.3 Å². The van der Waals surface area contributed by atoms with Crippen molar-refractivity contribution in [3.63, 3.8) is 0 Å². The molecular weight excluding hydrogens is 384 g/mol. The molecule has 6 heteroatoms. The topological polar surface area (TPSA) is 97.7 Å². The minimum Gasteiger partial charge on any atom is -0.504 e. The summed E-state index contributed by atoms with van der Waals surface area (Å²) < 4.78 is 5.09. The lowest BCUT2D eigenvalue weighted by molar-refractivity contribution is -0.145. The van der Waals surface area contributed by atoms with Gasteiger partial charge in [0.2, 0.25) is 0 Å². The Morgan fingerprint density at radius 3 is 1.57 bits per heavy atom. The van der Waals surface area contributed by atoms with Gasteiger partial charge < -0.3 is 9.84 Å². The van der Waals surface area contributed by atoms with E-state index in [1.165, 1.54) is 19.2 Å². The fraction of sp³-hybridized carbons (Fsp3) is 0.583. The molecule has 0 radical (unpaired) electrons. The molecule has 0 amide bonds. The Bertz CT molecular complexity index is 822. The van der Waals surface area contributed by atoms with E-state index >= 15 is 0 Å². The van der Waals surface area contributed by atoms with E-state index in [0.717, 1.165) is 0 Å². The van der Waals surface area contributed by atoms with Crippen molar-refractivity contribution in [3.8, 4) is 11.5 Å². The van der Waals surface area contributed by atoms with Crippen LogP contribution in [0.15, 0.2) is 18.2 Å². The third-order valence-corrected chi connectivity index (χ3v) is 6.30. The molecular formula is C24H30O6. The van der Waals surface area contributed by atoms with Gasteiger partial charge in [-0.1, -0.05) is 33.8 Å². The van der Waals surface area contributed by atoms with Gasteiger partial charge >= 0.3 is 0 Å². The zero-order chi connectivity index (χ0) is 22.4. The fourth-order valence-electron chi connectivity index (χ4n) is 5.10. The standard InChI is InChI=1S/C24H30O6/c1-23(2)9-15(26)21(16(27)10-23)20(13-6-7-19(30-5)14(25)8-13)22-17(28)11-24(3,4)12-18(22)29/h6-8,20-22,25H,9-12H2,1-5H3. The Hall–Kier alpha value is -2.50. The predicted octanol–water partition coefficient (Wildman–Crippen LogP) is 3.63. The van der Waals surface area contributed by atoms with Crippen LogP contribution in [0.2, 0.25) is 0 Å². The molecule has 162 valence electrons. The molecule has 2 aliphatic carbocycles. The highest BCUT2D eigenvalue weighted by Gasteiger charge is 2.52. The second-order valence-corrected chi connectivity index (χ2v) is 10.3. The van der Waals surface area contributed by atoms with Crippen molar-refractivity contribution < 1.29 is 29.0 Å². The number of hydrogen-bond donors (Lipinski definition) is 1. The molecule has 0 saturated heterocycles. The Labute approximate surface area is 177 Å². The predicted molar refractivity (Wildman–Crippen MR) is 110 cm³/mol. The van der Waals surface area contributed by atoms with Crippen molar-refractivity contribution in [2.45, 2.75) is 59.3 Å². The molecule has 2 saturated carbocycles. The van der Waals surface area contributed by atoms with Crippen molar-refractivity contribution in [3.05, 3.63) is 23.8 Å². The van der Waals surface area contributed by atoms with E-state index in [9.17, 15) is 24.3 Å². The number of phenolic OH excluding ortho intramolecular Hbond substituents is 1. The van der Waals surface area contributed by atoms with E-state index in [4.69, 9.17) is 4.74 Å². The van der Waals surface area contributed by atoms with Crippen LogP contribution < -0.4 is 4.74 Å². The third-order valence-electron chi connectivity index (χ3n) is 6.30. The molecule has 1 aromatic rings. The van der Waals surface area contributed by atoms with Crippen molar-refractivity contribution in [1.82, 2.24) is 0 Å². The lowest BCUT2D eigenvalue weighted by Gasteiger charge is -2.41. The summed E-state index contributed by atoms with van der Waals surface area (Å²) in [5.41, 5.74) is -0.453. The van der Waals surface area contributed by atoms with Crippen LogP contribution in [0.25, 0.3) is 0 Å².